The van der Waals surface area contributed by atoms with Crippen LogP contribution in [0.15, 0.2) is 4.52 Å². The van der Waals surface area contributed by atoms with Gasteiger partial charge in [-0.25, -0.2) is 0 Å². The van der Waals surface area contributed by atoms with Crippen LogP contribution in [0.2, 0.25) is 0 Å². The molecule has 0 aromatic carbocycles. The Morgan fingerprint density at radius 3 is 2.65 bits per heavy atom. The summed E-state index contributed by atoms with van der Waals surface area (Å²) in [6.07, 6.45) is 0.817. The molecule has 0 aliphatic rings. The van der Waals surface area contributed by atoms with E-state index in [4.69, 9.17) is 9.26 Å². The third-order valence-corrected chi connectivity index (χ3v) is 2.74. The first kappa shape index (κ1) is 14.1. The molecule has 1 atom stereocenters. The maximum absolute atomic E-state index is 5.70. The lowest BCUT2D eigenvalue weighted by Gasteiger charge is -2.23. The van der Waals surface area contributed by atoms with Crippen LogP contribution >= 0.6 is 0 Å². The molecular weight excluding hydrogens is 218 g/mol. The number of hydrogen-bond acceptors (Lipinski definition) is 5. The smallest absolute Gasteiger partial charge is 0.240 e. The second kappa shape index (κ2) is 6.12. The molecule has 1 rings (SSSR count). The summed E-state index contributed by atoms with van der Waals surface area (Å²) < 4.78 is 10.9. The third-order valence-electron chi connectivity index (χ3n) is 2.74. The fraction of sp³-hybridized carbons (Fsp3) is 0.833. The van der Waals surface area contributed by atoms with Gasteiger partial charge in [0.25, 0.3) is 0 Å². The summed E-state index contributed by atoms with van der Waals surface area (Å²) in [6, 6.07) is 0.398. The molecule has 1 aromatic heterocycles. The van der Waals surface area contributed by atoms with Gasteiger partial charge in [0.15, 0.2) is 0 Å². The van der Waals surface area contributed by atoms with E-state index >= 15 is 0 Å². The number of ether oxygens (including phenoxy) is 1. The molecule has 5 nitrogen and oxygen atoms in total. The Morgan fingerprint density at radius 2 is 2.12 bits per heavy atom. The molecular formula is C12H23N3O2. The lowest BCUT2D eigenvalue weighted by atomic mass is 10.0. The Balaban J connectivity index is 2.71. The first-order chi connectivity index (χ1) is 8.01. The quantitative estimate of drug-likeness (QED) is 0.793. The Hall–Kier alpha value is -0.940. The molecule has 0 saturated heterocycles. The molecule has 1 aromatic rings. The molecule has 0 spiro atoms. The molecule has 98 valence electrons. The van der Waals surface area contributed by atoms with Crippen molar-refractivity contribution >= 4 is 0 Å². The molecule has 0 radical (unpaired) electrons. The van der Waals surface area contributed by atoms with E-state index in [0.717, 1.165) is 6.42 Å². The number of hydrogen-bond donors (Lipinski definition) is 1. The van der Waals surface area contributed by atoms with Crippen molar-refractivity contribution in [2.45, 2.75) is 59.2 Å². The number of aromatic nitrogens is 2. The first-order valence-corrected chi connectivity index (χ1v) is 6.22. The summed E-state index contributed by atoms with van der Waals surface area (Å²) in [5.74, 6) is 1.23. The van der Waals surface area contributed by atoms with Gasteiger partial charge in [-0.1, -0.05) is 25.9 Å². The van der Waals surface area contributed by atoms with E-state index in [1.54, 1.807) is 0 Å². The Bertz CT molecular complexity index is 338. The lowest BCUT2D eigenvalue weighted by Crippen LogP contribution is -2.27. The van der Waals surface area contributed by atoms with E-state index in [1.807, 2.05) is 13.8 Å². The predicted molar refractivity (Wildman–Crippen MR) is 65.5 cm³/mol. The van der Waals surface area contributed by atoms with Crippen molar-refractivity contribution in [3.8, 4) is 0 Å². The largest absolute Gasteiger partial charge is 0.367 e. The molecule has 0 fully saturated rings. The van der Waals surface area contributed by atoms with Crippen LogP contribution in [0.5, 0.6) is 0 Å². The molecule has 0 amide bonds. The lowest BCUT2D eigenvalue weighted by molar-refractivity contribution is -0.0403. The van der Waals surface area contributed by atoms with Crippen molar-refractivity contribution in [3.63, 3.8) is 0 Å². The van der Waals surface area contributed by atoms with E-state index in [9.17, 15) is 0 Å². The van der Waals surface area contributed by atoms with Crippen molar-refractivity contribution < 1.29 is 9.26 Å². The second-order valence-electron chi connectivity index (χ2n) is 4.56. The topological polar surface area (TPSA) is 60.2 Å². The fourth-order valence-electron chi connectivity index (χ4n) is 1.48. The number of nitrogens with zero attached hydrogens (tertiary/aromatic N) is 2. The average Bonchev–Trinajstić information content (AvgIpc) is 2.75. The maximum atomic E-state index is 5.70. The van der Waals surface area contributed by atoms with Gasteiger partial charge in [0.2, 0.25) is 11.7 Å². The van der Waals surface area contributed by atoms with Crippen LogP contribution in [0.4, 0.5) is 0 Å². The highest BCUT2D eigenvalue weighted by atomic mass is 16.5. The molecule has 0 bridgehead atoms. The summed E-state index contributed by atoms with van der Waals surface area (Å²) in [7, 11) is 0. The van der Waals surface area contributed by atoms with E-state index in [-0.39, 0.29) is 0 Å². The summed E-state index contributed by atoms with van der Waals surface area (Å²) in [5, 5.41) is 7.24. The fourth-order valence-corrected chi connectivity index (χ4v) is 1.48. The van der Waals surface area contributed by atoms with Gasteiger partial charge in [-0.3, -0.25) is 0 Å². The van der Waals surface area contributed by atoms with Crippen LogP contribution in [-0.4, -0.2) is 22.8 Å². The van der Waals surface area contributed by atoms with Crippen LogP contribution in [0.25, 0.3) is 0 Å². The minimum absolute atomic E-state index is 0.398. The molecule has 0 aliphatic carbocycles. The van der Waals surface area contributed by atoms with Gasteiger partial charge in [0.05, 0.1) is 6.54 Å². The van der Waals surface area contributed by atoms with Crippen LogP contribution in [0, 0.1) is 0 Å². The van der Waals surface area contributed by atoms with E-state index in [2.05, 4.69) is 36.2 Å². The van der Waals surface area contributed by atoms with Crippen LogP contribution in [-0.2, 0) is 16.9 Å². The summed E-state index contributed by atoms with van der Waals surface area (Å²) in [4.78, 5) is 4.38. The van der Waals surface area contributed by atoms with Crippen LogP contribution < -0.4 is 5.32 Å². The molecule has 1 unspecified atom stereocenters. The summed E-state index contributed by atoms with van der Waals surface area (Å²) in [6.45, 7) is 11.4. The average molecular weight is 241 g/mol. The maximum Gasteiger partial charge on any atom is 0.240 e. The normalized spacial score (nSPS) is 15.2. The van der Waals surface area contributed by atoms with Gasteiger partial charge < -0.3 is 14.6 Å². The van der Waals surface area contributed by atoms with Crippen molar-refractivity contribution in [1.82, 2.24) is 15.5 Å². The van der Waals surface area contributed by atoms with Crippen molar-refractivity contribution in [2.24, 2.45) is 0 Å². The zero-order valence-electron chi connectivity index (χ0n) is 11.4. The SMILES string of the molecule is CCOC(C)(CC)c1noc(CNC(C)C)n1. The minimum Gasteiger partial charge on any atom is -0.367 e. The molecule has 17 heavy (non-hydrogen) atoms. The van der Waals surface area contributed by atoms with E-state index in [1.165, 1.54) is 0 Å². The minimum atomic E-state index is -0.450. The summed E-state index contributed by atoms with van der Waals surface area (Å²) >= 11 is 0. The number of rotatable bonds is 7. The Morgan fingerprint density at radius 1 is 1.41 bits per heavy atom. The van der Waals surface area contributed by atoms with Crippen molar-refractivity contribution in [1.29, 1.82) is 0 Å². The number of nitrogens with one attached hydrogen (secondary N) is 1. The van der Waals surface area contributed by atoms with Gasteiger partial charge in [-0.15, -0.1) is 0 Å². The van der Waals surface area contributed by atoms with Gasteiger partial charge in [-0.2, -0.15) is 4.98 Å². The molecule has 1 heterocycles. The zero-order chi connectivity index (χ0) is 12.9. The first-order valence-electron chi connectivity index (χ1n) is 6.22. The highest BCUT2D eigenvalue weighted by Gasteiger charge is 2.30. The monoisotopic (exact) mass is 241 g/mol. The predicted octanol–water partition coefficient (Wildman–Crippen LogP) is 2.23. The van der Waals surface area contributed by atoms with Crippen molar-refractivity contribution in [2.75, 3.05) is 6.61 Å². The Labute approximate surface area is 103 Å². The third kappa shape index (κ3) is 3.78. The summed E-state index contributed by atoms with van der Waals surface area (Å²) in [5.41, 5.74) is -0.450. The van der Waals surface area contributed by atoms with E-state index in [0.29, 0.717) is 30.9 Å². The molecule has 1 N–H and O–H groups in total. The van der Waals surface area contributed by atoms with Gasteiger partial charge in [-0.05, 0) is 20.3 Å². The molecule has 5 heteroatoms. The zero-order valence-corrected chi connectivity index (χ0v) is 11.4. The highest BCUT2D eigenvalue weighted by molar-refractivity contribution is 4.99. The van der Waals surface area contributed by atoms with Crippen LogP contribution in [0.3, 0.4) is 0 Å². The van der Waals surface area contributed by atoms with Crippen molar-refractivity contribution in [3.05, 3.63) is 11.7 Å². The molecule has 0 saturated carbocycles. The molecule has 0 aliphatic heterocycles. The van der Waals surface area contributed by atoms with Gasteiger partial charge in [0.1, 0.15) is 5.60 Å². The highest BCUT2D eigenvalue weighted by Crippen LogP contribution is 2.26. The van der Waals surface area contributed by atoms with E-state index < -0.39 is 5.60 Å². The van der Waals surface area contributed by atoms with Gasteiger partial charge >= 0.3 is 0 Å². The Kier molecular flexibility index (Phi) is 5.08. The standard InChI is InChI=1S/C12H23N3O2/c1-6-12(5,16-7-2)11-14-10(17-15-11)8-13-9(3)4/h9,13H,6-8H2,1-5H3. The van der Waals surface area contributed by atoms with Gasteiger partial charge in [0, 0.05) is 12.6 Å². The second-order valence-corrected chi connectivity index (χ2v) is 4.56. The van der Waals surface area contributed by atoms with Crippen LogP contribution in [0.1, 0.15) is 52.8 Å².